The van der Waals surface area contributed by atoms with Crippen LogP contribution in [0.4, 0.5) is 0 Å². The topological polar surface area (TPSA) is 67.2 Å². The lowest BCUT2D eigenvalue weighted by Gasteiger charge is -2.09. The molecule has 0 radical (unpaired) electrons. The van der Waals surface area contributed by atoms with Gasteiger partial charge in [0.1, 0.15) is 11.6 Å². The average Bonchev–Trinajstić information content (AvgIpc) is 2.70. The summed E-state index contributed by atoms with van der Waals surface area (Å²) in [6, 6.07) is 9.45. The van der Waals surface area contributed by atoms with Crippen LogP contribution in [-0.2, 0) is 14.3 Å². The van der Waals surface area contributed by atoms with E-state index in [1.807, 2.05) is 36.6 Å². The molecular weight excluding hydrogens is 382 g/mol. The van der Waals surface area contributed by atoms with Crippen LogP contribution in [0.5, 0.6) is 0 Å². The molecule has 158 valence electrons. The average molecular weight is 416 g/mol. The van der Waals surface area contributed by atoms with Gasteiger partial charge in [-0.1, -0.05) is 70.6 Å². The van der Waals surface area contributed by atoms with Crippen molar-refractivity contribution >= 4 is 29.3 Å². The lowest BCUT2D eigenvalue weighted by Crippen LogP contribution is -2.14. The number of thioether (sulfide) groups is 1. The van der Waals surface area contributed by atoms with E-state index in [9.17, 15) is 14.9 Å². The van der Waals surface area contributed by atoms with Crippen molar-refractivity contribution in [3.8, 4) is 6.07 Å². The Bertz CT molecular complexity index is 747. The zero-order chi connectivity index (χ0) is 21.6. The number of unbranched alkanes of at least 4 members (excludes halogenated alkanes) is 5. The summed E-state index contributed by atoms with van der Waals surface area (Å²) in [6.07, 6.45) is 9.82. The molecule has 0 saturated heterocycles. The summed E-state index contributed by atoms with van der Waals surface area (Å²) in [5.74, 6) is -0.666. The second kappa shape index (κ2) is 14.0. The molecule has 0 spiro atoms. The lowest BCUT2D eigenvalue weighted by molar-refractivity contribution is -0.156. The third kappa shape index (κ3) is 9.32. The van der Waals surface area contributed by atoms with Crippen LogP contribution in [0.3, 0.4) is 0 Å². The predicted molar refractivity (Wildman–Crippen MR) is 119 cm³/mol. The van der Waals surface area contributed by atoms with E-state index < -0.39 is 11.9 Å². The molecule has 0 aliphatic rings. The molecule has 0 N–H and O–H groups in total. The minimum Gasteiger partial charge on any atom is -0.389 e. The first kappa shape index (κ1) is 25.0. The zero-order valence-electron chi connectivity index (χ0n) is 18.1. The molecule has 0 aromatic heterocycles. The molecule has 0 amide bonds. The maximum absolute atomic E-state index is 12.3. The number of nitrogens with zero attached hydrogens (tertiary/aromatic N) is 1. The van der Waals surface area contributed by atoms with Gasteiger partial charge < -0.3 is 4.74 Å². The van der Waals surface area contributed by atoms with Crippen LogP contribution >= 0.6 is 11.8 Å². The van der Waals surface area contributed by atoms with Gasteiger partial charge in [0.15, 0.2) is 0 Å². The van der Waals surface area contributed by atoms with E-state index in [1.54, 1.807) is 6.92 Å². The highest BCUT2D eigenvalue weighted by atomic mass is 32.2. The molecule has 0 aliphatic heterocycles. The van der Waals surface area contributed by atoms with Crippen molar-refractivity contribution in [3.63, 3.8) is 0 Å². The van der Waals surface area contributed by atoms with E-state index in [1.165, 1.54) is 37.4 Å². The highest BCUT2D eigenvalue weighted by molar-refractivity contribution is 7.98. The normalized spacial score (nSPS) is 11.7. The number of rotatable bonds is 12. The predicted octanol–water partition coefficient (Wildman–Crippen LogP) is 6.55. The van der Waals surface area contributed by atoms with Crippen molar-refractivity contribution in [3.05, 3.63) is 35.4 Å². The number of carbonyl (C=O) groups is 2. The molecule has 1 rings (SSSR count). The minimum absolute atomic E-state index is 0.120. The highest BCUT2D eigenvalue weighted by Crippen LogP contribution is 2.28. The number of benzene rings is 1. The molecule has 0 aliphatic carbocycles. The van der Waals surface area contributed by atoms with E-state index in [4.69, 9.17) is 4.74 Å². The summed E-state index contributed by atoms with van der Waals surface area (Å²) in [4.78, 5) is 25.3. The number of nitriles is 1. The Morgan fingerprint density at radius 1 is 1.07 bits per heavy atom. The maximum Gasteiger partial charge on any atom is 0.356 e. The third-order valence-corrected chi connectivity index (χ3v) is 5.62. The van der Waals surface area contributed by atoms with E-state index in [-0.39, 0.29) is 12.0 Å². The molecule has 4 nitrogen and oxygen atoms in total. The summed E-state index contributed by atoms with van der Waals surface area (Å²) in [7, 11) is 0. The molecule has 0 bridgehead atoms. The maximum atomic E-state index is 12.3. The van der Waals surface area contributed by atoms with Gasteiger partial charge in [0.2, 0.25) is 0 Å². The fourth-order valence-electron chi connectivity index (χ4n) is 3.11. The molecule has 5 heteroatoms. The van der Waals surface area contributed by atoms with Crippen LogP contribution in [0.25, 0.3) is 5.57 Å². The molecule has 1 aromatic carbocycles. The number of carbonyl (C=O) groups excluding carboxylic acids is 2. The Hall–Kier alpha value is -2.06. The van der Waals surface area contributed by atoms with Gasteiger partial charge in [-0.15, -0.1) is 11.8 Å². The molecule has 29 heavy (non-hydrogen) atoms. The third-order valence-electron chi connectivity index (χ3n) is 4.82. The van der Waals surface area contributed by atoms with Gasteiger partial charge in [0.05, 0.1) is 0 Å². The van der Waals surface area contributed by atoms with Crippen LogP contribution in [0.15, 0.2) is 34.7 Å². The summed E-state index contributed by atoms with van der Waals surface area (Å²) in [5.41, 5.74) is 1.21. The summed E-state index contributed by atoms with van der Waals surface area (Å²) >= 11 is 1.54. The van der Waals surface area contributed by atoms with Crippen molar-refractivity contribution < 1.29 is 14.3 Å². The van der Waals surface area contributed by atoms with Crippen LogP contribution in [0.1, 0.15) is 77.7 Å². The fraction of sp³-hybridized carbons (Fsp3) is 0.542. The Labute approximate surface area is 179 Å². The minimum atomic E-state index is -0.861. The Morgan fingerprint density at radius 3 is 2.31 bits per heavy atom. The second-order valence-electron chi connectivity index (χ2n) is 7.63. The summed E-state index contributed by atoms with van der Waals surface area (Å²) in [6.45, 7) is 6.18. The molecule has 1 aromatic rings. The lowest BCUT2D eigenvalue weighted by atomic mass is 10.0. The largest absolute Gasteiger partial charge is 0.389 e. The van der Waals surface area contributed by atoms with E-state index >= 15 is 0 Å². The summed E-state index contributed by atoms with van der Waals surface area (Å²) < 4.78 is 4.93. The van der Waals surface area contributed by atoms with Gasteiger partial charge >= 0.3 is 11.9 Å². The first-order valence-corrected chi connectivity index (χ1v) is 11.6. The summed E-state index contributed by atoms with van der Waals surface area (Å²) in [5, 5.41) is 9.43. The Balaban J connectivity index is 2.48. The van der Waals surface area contributed by atoms with Crippen molar-refractivity contribution in [1.29, 1.82) is 5.26 Å². The van der Waals surface area contributed by atoms with E-state index in [0.717, 1.165) is 29.2 Å². The van der Waals surface area contributed by atoms with Gasteiger partial charge in [-0.3, -0.25) is 4.79 Å². The van der Waals surface area contributed by atoms with Crippen molar-refractivity contribution in [2.24, 2.45) is 5.92 Å². The molecule has 0 fully saturated rings. The highest BCUT2D eigenvalue weighted by Gasteiger charge is 2.20. The van der Waals surface area contributed by atoms with Crippen LogP contribution in [0.2, 0.25) is 0 Å². The first-order valence-electron chi connectivity index (χ1n) is 10.4. The molecular formula is C24H33NO3S. The van der Waals surface area contributed by atoms with Gasteiger partial charge in [0.25, 0.3) is 0 Å². The zero-order valence-corrected chi connectivity index (χ0v) is 18.9. The number of hydrogen-bond acceptors (Lipinski definition) is 5. The van der Waals surface area contributed by atoms with Crippen molar-refractivity contribution in [2.75, 3.05) is 6.26 Å². The second-order valence-corrected chi connectivity index (χ2v) is 8.48. The number of esters is 2. The van der Waals surface area contributed by atoms with Crippen molar-refractivity contribution in [1.82, 2.24) is 0 Å². The number of hydrogen-bond donors (Lipinski definition) is 0. The van der Waals surface area contributed by atoms with Gasteiger partial charge in [-0.2, -0.15) is 5.26 Å². The molecule has 0 unspecified atom stereocenters. The Morgan fingerprint density at radius 2 is 1.69 bits per heavy atom. The van der Waals surface area contributed by atoms with Crippen molar-refractivity contribution in [2.45, 2.75) is 77.0 Å². The molecule has 0 atom stereocenters. The fourth-order valence-corrected chi connectivity index (χ4v) is 3.76. The quantitative estimate of drug-likeness (QED) is 0.0966. The van der Waals surface area contributed by atoms with Gasteiger partial charge in [-0.25, -0.2) is 4.79 Å². The van der Waals surface area contributed by atoms with Gasteiger partial charge in [0, 0.05) is 11.3 Å². The monoisotopic (exact) mass is 415 g/mol. The first-order chi connectivity index (χ1) is 13.9. The van der Waals surface area contributed by atoms with Crippen LogP contribution in [0, 0.1) is 17.2 Å². The smallest absolute Gasteiger partial charge is 0.356 e. The van der Waals surface area contributed by atoms with Crippen LogP contribution < -0.4 is 0 Å². The van der Waals surface area contributed by atoms with E-state index in [0.29, 0.717) is 12.0 Å². The standard InChI is InChI=1S/C24H33NO3S/c1-18(2)13-9-7-5-6-8-10-16-23(26)28-24(27)21(17-25)19(3)20-14-11-12-15-22(20)29-4/h11-12,14-15,18H,5-10,13,16H2,1-4H3/b21-19+. The number of allylic oxidation sites excluding steroid dienone is 1. The number of ether oxygens (including phenoxy) is 1. The van der Waals surface area contributed by atoms with Crippen LogP contribution in [-0.4, -0.2) is 18.2 Å². The SMILES string of the molecule is CSc1ccccc1/C(C)=C(\C#N)C(=O)OC(=O)CCCCCCCCC(C)C. The molecule has 0 saturated carbocycles. The van der Waals surface area contributed by atoms with E-state index in [2.05, 4.69) is 13.8 Å². The Kier molecular flexibility index (Phi) is 12.1. The molecule has 0 heterocycles. The van der Waals surface area contributed by atoms with Gasteiger partial charge in [-0.05, 0) is 42.7 Å².